The second-order valence-corrected chi connectivity index (χ2v) is 7.58. The molecule has 0 aliphatic rings. The minimum atomic E-state index is -3.61. The molecular formula is C12H14ClN3O2S2. The van der Waals surface area contributed by atoms with Crippen LogP contribution in [0, 0.1) is 6.92 Å². The summed E-state index contributed by atoms with van der Waals surface area (Å²) in [5, 5.41) is 2.78. The van der Waals surface area contributed by atoms with Crippen LogP contribution >= 0.6 is 22.9 Å². The highest BCUT2D eigenvalue weighted by Crippen LogP contribution is 2.16. The largest absolute Gasteiger partial charge is 0.260 e. The Morgan fingerprint density at radius 1 is 1.40 bits per heavy atom. The van der Waals surface area contributed by atoms with Gasteiger partial charge in [0.15, 0.2) is 5.03 Å². The monoisotopic (exact) mass is 331 g/mol. The Balaban J connectivity index is 2.19. The van der Waals surface area contributed by atoms with Gasteiger partial charge in [-0.25, -0.2) is 18.4 Å². The van der Waals surface area contributed by atoms with Crippen molar-refractivity contribution in [3.05, 3.63) is 40.0 Å². The van der Waals surface area contributed by atoms with Crippen molar-refractivity contribution in [2.45, 2.75) is 24.4 Å². The normalized spacial score (nSPS) is 12.0. The van der Waals surface area contributed by atoms with E-state index in [2.05, 4.69) is 9.97 Å². The molecule has 0 spiro atoms. The predicted molar refractivity (Wildman–Crippen MR) is 79.3 cm³/mol. The van der Waals surface area contributed by atoms with Crippen molar-refractivity contribution in [3.63, 3.8) is 0 Å². The highest BCUT2D eigenvalue weighted by atomic mass is 35.5. The molecule has 0 aliphatic carbocycles. The standard InChI is InChI=1S/C12H14ClN3O2S2/c1-9-15-11(8-19-9)7-16(2)20(17,18)12-4-3-10(5-13)6-14-12/h3-4,6,8H,5,7H2,1-2H3. The van der Waals surface area contributed by atoms with Crippen LogP contribution in [0.1, 0.15) is 16.3 Å². The number of nitrogens with zero attached hydrogens (tertiary/aromatic N) is 3. The first-order chi connectivity index (χ1) is 9.43. The summed E-state index contributed by atoms with van der Waals surface area (Å²) in [5.41, 5.74) is 1.51. The average Bonchev–Trinajstić information content (AvgIpc) is 2.84. The van der Waals surface area contributed by atoms with Crippen molar-refractivity contribution in [3.8, 4) is 0 Å². The van der Waals surface area contributed by atoms with Crippen LogP contribution in [0.5, 0.6) is 0 Å². The molecular weight excluding hydrogens is 318 g/mol. The van der Waals surface area contributed by atoms with E-state index >= 15 is 0 Å². The van der Waals surface area contributed by atoms with Crippen LogP contribution in [0.4, 0.5) is 0 Å². The smallest absolute Gasteiger partial charge is 0.245 e. The summed E-state index contributed by atoms with van der Waals surface area (Å²) >= 11 is 7.15. The van der Waals surface area contributed by atoms with E-state index in [1.165, 1.54) is 35.0 Å². The molecule has 0 saturated heterocycles. The van der Waals surface area contributed by atoms with Gasteiger partial charge in [0.05, 0.1) is 17.2 Å². The number of pyridine rings is 1. The van der Waals surface area contributed by atoms with Gasteiger partial charge in [0.25, 0.3) is 10.0 Å². The highest BCUT2D eigenvalue weighted by Gasteiger charge is 2.22. The Labute approximate surface area is 127 Å². The summed E-state index contributed by atoms with van der Waals surface area (Å²) in [4.78, 5) is 8.22. The van der Waals surface area contributed by atoms with Gasteiger partial charge in [0, 0.05) is 24.5 Å². The maximum absolute atomic E-state index is 12.3. The molecule has 0 saturated carbocycles. The zero-order chi connectivity index (χ0) is 14.8. The molecule has 0 bridgehead atoms. The molecule has 20 heavy (non-hydrogen) atoms. The van der Waals surface area contributed by atoms with Crippen molar-refractivity contribution in [1.29, 1.82) is 0 Å². The maximum atomic E-state index is 12.3. The van der Waals surface area contributed by atoms with Crippen molar-refractivity contribution in [2.24, 2.45) is 0 Å². The lowest BCUT2D eigenvalue weighted by atomic mass is 10.3. The summed E-state index contributed by atoms with van der Waals surface area (Å²) in [6, 6.07) is 3.13. The SMILES string of the molecule is Cc1nc(CN(C)S(=O)(=O)c2ccc(CCl)cn2)cs1. The van der Waals surface area contributed by atoms with Gasteiger partial charge in [0.2, 0.25) is 0 Å². The lowest BCUT2D eigenvalue weighted by Gasteiger charge is -2.15. The summed E-state index contributed by atoms with van der Waals surface area (Å²) < 4.78 is 25.9. The molecule has 0 amide bonds. The molecule has 0 aliphatic heterocycles. The maximum Gasteiger partial charge on any atom is 0.260 e. The first-order valence-corrected chi connectivity index (χ1v) is 8.67. The van der Waals surface area contributed by atoms with E-state index in [-0.39, 0.29) is 11.6 Å². The van der Waals surface area contributed by atoms with Gasteiger partial charge in [-0.2, -0.15) is 4.31 Å². The molecule has 5 nitrogen and oxygen atoms in total. The van der Waals surface area contributed by atoms with Crippen molar-refractivity contribution < 1.29 is 8.42 Å². The van der Waals surface area contributed by atoms with Crippen LogP contribution in [-0.2, 0) is 22.4 Å². The van der Waals surface area contributed by atoms with E-state index in [1.54, 1.807) is 6.07 Å². The molecule has 0 fully saturated rings. The zero-order valence-electron chi connectivity index (χ0n) is 11.1. The lowest BCUT2D eigenvalue weighted by Crippen LogP contribution is -2.27. The quantitative estimate of drug-likeness (QED) is 0.789. The number of rotatable bonds is 5. The Bertz CT molecular complexity index is 683. The van der Waals surface area contributed by atoms with Crippen LogP contribution < -0.4 is 0 Å². The van der Waals surface area contributed by atoms with Crippen LogP contribution in [0.3, 0.4) is 0 Å². The second-order valence-electron chi connectivity index (χ2n) is 4.26. The van der Waals surface area contributed by atoms with Gasteiger partial charge < -0.3 is 0 Å². The number of hydrogen-bond acceptors (Lipinski definition) is 5. The van der Waals surface area contributed by atoms with E-state index in [0.29, 0.717) is 5.88 Å². The molecule has 0 aromatic carbocycles. The number of alkyl halides is 1. The Morgan fingerprint density at radius 2 is 2.15 bits per heavy atom. The summed E-state index contributed by atoms with van der Waals surface area (Å²) in [7, 11) is -2.09. The molecule has 2 aromatic heterocycles. The third kappa shape index (κ3) is 3.35. The number of thiazole rings is 1. The zero-order valence-corrected chi connectivity index (χ0v) is 13.5. The van der Waals surface area contributed by atoms with Crippen molar-refractivity contribution in [2.75, 3.05) is 7.05 Å². The summed E-state index contributed by atoms with van der Waals surface area (Å²) in [6.45, 7) is 2.11. The fourth-order valence-electron chi connectivity index (χ4n) is 1.60. The van der Waals surface area contributed by atoms with Crippen molar-refractivity contribution >= 4 is 33.0 Å². The van der Waals surface area contributed by atoms with Crippen LogP contribution in [0.15, 0.2) is 28.7 Å². The molecule has 8 heteroatoms. The van der Waals surface area contributed by atoms with Gasteiger partial charge in [-0.05, 0) is 18.6 Å². The molecule has 2 rings (SSSR count). The number of aromatic nitrogens is 2. The van der Waals surface area contributed by atoms with Crippen LogP contribution in [0.2, 0.25) is 0 Å². The molecule has 0 atom stereocenters. The van der Waals surface area contributed by atoms with Crippen LogP contribution in [-0.4, -0.2) is 29.7 Å². The molecule has 0 radical (unpaired) electrons. The fourth-order valence-corrected chi connectivity index (χ4v) is 3.41. The van der Waals surface area contributed by atoms with Crippen LogP contribution in [0.25, 0.3) is 0 Å². The predicted octanol–water partition coefficient (Wildman–Crippen LogP) is 2.41. The Hall–Kier alpha value is -1.02. The number of halogens is 1. The molecule has 0 unspecified atom stereocenters. The minimum absolute atomic E-state index is 0.0146. The first kappa shape index (κ1) is 15.4. The lowest BCUT2D eigenvalue weighted by molar-refractivity contribution is 0.460. The third-order valence-electron chi connectivity index (χ3n) is 2.68. The average molecular weight is 332 g/mol. The minimum Gasteiger partial charge on any atom is -0.245 e. The van der Waals surface area contributed by atoms with E-state index in [1.807, 2.05) is 12.3 Å². The van der Waals surface area contributed by atoms with Gasteiger partial charge in [-0.1, -0.05) is 6.07 Å². The topological polar surface area (TPSA) is 63.2 Å². The van der Waals surface area contributed by atoms with E-state index in [9.17, 15) is 8.42 Å². The third-order valence-corrected chi connectivity index (χ3v) is 5.53. The van der Waals surface area contributed by atoms with E-state index in [0.717, 1.165) is 16.3 Å². The van der Waals surface area contributed by atoms with E-state index < -0.39 is 10.0 Å². The van der Waals surface area contributed by atoms with Crippen molar-refractivity contribution in [1.82, 2.24) is 14.3 Å². The highest BCUT2D eigenvalue weighted by molar-refractivity contribution is 7.89. The number of aryl methyl sites for hydroxylation is 1. The number of hydrogen-bond donors (Lipinski definition) is 0. The first-order valence-electron chi connectivity index (χ1n) is 5.81. The van der Waals surface area contributed by atoms with Gasteiger partial charge in [-0.3, -0.25) is 0 Å². The van der Waals surface area contributed by atoms with Gasteiger partial charge in [-0.15, -0.1) is 22.9 Å². The molecule has 108 valence electrons. The molecule has 0 N–H and O–H groups in total. The second kappa shape index (κ2) is 6.17. The van der Waals surface area contributed by atoms with Gasteiger partial charge in [0.1, 0.15) is 0 Å². The summed E-state index contributed by atoms with van der Waals surface area (Å²) in [6.07, 6.45) is 1.47. The number of sulfonamides is 1. The Kier molecular flexibility index (Phi) is 4.74. The fraction of sp³-hybridized carbons (Fsp3) is 0.333. The van der Waals surface area contributed by atoms with Gasteiger partial charge >= 0.3 is 0 Å². The molecule has 2 aromatic rings. The van der Waals surface area contributed by atoms with E-state index in [4.69, 9.17) is 11.6 Å². The summed E-state index contributed by atoms with van der Waals surface area (Å²) in [5.74, 6) is 0.307. The Morgan fingerprint density at radius 3 is 2.65 bits per heavy atom. The molecule has 2 heterocycles.